The average molecular weight is 316 g/mol. The molecule has 0 aliphatic carbocycles. The normalized spacial score (nSPS) is 12.8. The maximum Gasteiger partial charge on any atom is 0.0762 e. The molecule has 0 aliphatic heterocycles. The SMILES string of the molecule is CCC(C)n1ccc(CNCCCCCCBr)n1. The molecule has 4 heteroatoms. The summed E-state index contributed by atoms with van der Waals surface area (Å²) in [6, 6.07) is 2.62. The molecule has 0 fully saturated rings. The lowest BCUT2D eigenvalue weighted by Crippen LogP contribution is -2.15. The molecule has 1 heterocycles. The smallest absolute Gasteiger partial charge is 0.0762 e. The highest BCUT2D eigenvalue weighted by Gasteiger charge is 2.03. The summed E-state index contributed by atoms with van der Waals surface area (Å²) >= 11 is 3.46. The van der Waals surface area contributed by atoms with Gasteiger partial charge in [0.1, 0.15) is 0 Å². The van der Waals surface area contributed by atoms with E-state index in [0.717, 1.165) is 30.5 Å². The third-order valence-electron chi connectivity index (χ3n) is 3.25. The van der Waals surface area contributed by atoms with Crippen LogP contribution in [0.15, 0.2) is 12.3 Å². The number of unbranched alkanes of at least 4 members (excludes halogenated alkanes) is 3. The molecule has 0 saturated heterocycles. The van der Waals surface area contributed by atoms with Crippen molar-refractivity contribution >= 4 is 15.9 Å². The van der Waals surface area contributed by atoms with Gasteiger partial charge in [-0.25, -0.2) is 0 Å². The molecular formula is C14H26BrN3. The van der Waals surface area contributed by atoms with E-state index in [1.54, 1.807) is 0 Å². The van der Waals surface area contributed by atoms with Crippen molar-refractivity contribution in [3.8, 4) is 0 Å². The van der Waals surface area contributed by atoms with Crippen molar-refractivity contribution in [1.29, 1.82) is 0 Å². The third-order valence-corrected chi connectivity index (χ3v) is 3.81. The number of nitrogens with zero attached hydrogens (tertiary/aromatic N) is 2. The molecule has 1 aromatic heterocycles. The minimum absolute atomic E-state index is 0.503. The molecule has 1 rings (SSSR count). The van der Waals surface area contributed by atoms with Crippen molar-refractivity contribution < 1.29 is 0 Å². The van der Waals surface area contributed by atoms with Gasteiger partial charge in [0.2, 0.25) is 0 Å². The van der Waals surface area contributed by atoms with E-state index < -0.39 is 0 Å². The summed E-state index contributed by atoms with van der Waals surface area (Å²) in [5.41, 5.74) is 1.15. The number of halogens is 1. The number of hydrogen-bond acceptors (Lipinski definition) is 2. The van der Waals surface area contributed by atoms with Crippen LogP contribution in [0, 0.1) is 0 Å². The first kappa shape index (κ1) is 15.7. The molecule has 0 radical (unpaired) electrons. The van der Waals surface area contributed by atoms with Gasteiger partial charge in [-0.05, 0) is 38.8 Å². The van der Waals surface area contributed by atoms with E-state index in [1.807, 2.05) is 0 Å². The van der Waals surface area contributed by atoms with Crippen molar-refractivity contribution in [1.82, 2.24) is 15.1 Å². The van der Waals surface area contributed by atoms with Crippen LogP contribution in [0.5, 0.6) is 0 Å². The minimum Gasteiger partial charge on any atom is -0.311 e. The molecule has 104 valence electrons. The lowest BCUT2D eigenvalue weighted by Gasteiger charge is -2.08. The van der Waals surface area contributed by atoms with Crippen LogP contribution in [-0.4, -0.2) is 21.7 Å². The van der Waals surface area contributed by atoms with E-state index in [-0.39, 0.29) is 0 Å². The van der Waals surface area contributed by atoms with Crippen molar-refractivity contribution in [3.63, 3.8) is 0 Å². The zero-order valence-corrected chi connectivity index (χ0v) is 13.2. The zero-order valence-electron chi connectivity index (χ0n) is 11.7. The fourth-order valence-corrected chi connectivity index (χ4v) is 2.22. The molecule has 1 aromatic rings. The topological polar surface area (TPSA) is 29.9 Å². The highest BCUT2D eigenvalue weighted by molar-refractivity contribution is 9.09. The van der Waals surface area contributed by atoms with Gasteiger partial charge in [-0.1, -0.05) is 35.7 Å². The molecule has 1 unspecified atom stereocenters. The van der Waals surface area contributed by atoms with E-state index in [0.29, 0.717) is 6.04 Å². The second-order valence-electron chi connectivity index (χ2n) is 4.82. The van der Waals surface area contributed by atoms with Crippen LogP contribution in [0.2, 0.25) is 0 Å². The quantitative estimate of drug-likeness (QED) is 0.524. The largest absolute Gasteiger partial charge is 0.311 e. The Morgan fingerprint density at radius 3 is 2.83 bits per heavy atom. The molecule has 0 saturated carbocycles. The van der Waals surface area contributed by atoms with Crippen LogP contribution in [0.4, 0.5) is 0 Å². The highest BCUT2D eigenvalue weighted by Crippen LogP contribution is 2.09. The Bertz CT molecular complexity index is 312. The van der Waals surface area contributed by atoms with Gasteiger partial charge in [-0.15, -0.1) is 0 Å². The van der Waals surface area contributed by atoms with Crippen LogP contribution in [0.25, 0.3) is 0 Å². The fourth-order valence-electron chi connectivity index (χ4n) is 1.82. The Balaban J connectivity index is 2.10. The maximum atomic E-state index is 4.58. The molecule has 0 aromatic carbocycles. The first-order valence-corrected chi connectivity index (χ1v) is 8.20. The van der Waals surface area contributed by atoms with Crippen molar-refractivity contribution in [2.24, 2.45) is 0 Å². The standard InChI is InChI=1S/C14H26BrN3/c1-3-13(2)18-11-8-14(17-18)12-16-10-7-5-4-6-9-15/h8,11,13,16H,3-7,9-10,12H2,1-2H3. The van der Waals surface area contributed by atoms with E-state index >= 15 is 0 Å². The zero-order chi connectivity index (χ0) is 13.2. The number of aromatic nitrogens is 2. The monoisotopic (exact) mass is 315 g/mol. The Morgan fingerprint density at radius 2 is 2.11 bits per heavy atom. The lowest BCUT2D eigenvalue weighted by atomic mass is 10.2. The Kier molecular flexibility index (Phi) is 8.34. The summed E-state index contributed by atoms with van der Waals surface area (Å²) in [7, 11) is 0. The van der Waals surface area contributed by atoms with E-state index in [2.05, 4.69) is 57.1 Å². The Hall–Kier alpha value is -0.350. The summed E-state index contributed by atoms with van der Waals surface area (Å²) < 4.78 is 2.06. The molecule has 0 amide bonds. The second-order valence-corrected chi connectivity index (χ2v) is 5.62. The van der Waals surface area contributed by atoms with Gasteiger partial charge in [0, 0.05) is 24.1 Å². The number of hydrogen-bond donors (Lipinski definition) is 1. The third kappa shape index (κ3) is 6.01. The van der Waals surface area contributed by atoms with Crippen molar-refractivity contribution in [3.05, 3.63) is 18.0 Å². The van der Waals surface area contributed by atoms with Crippen LogP contribution in [0.1, 0.15) is 57.7 Å². The van der Waals surface area contributed by atoms with E-state index in [4.69, 9.17) is 0 Å². The molecule has 0 spiro atoms. The highest BCUT2D eigenvalue weighted by atomic mass is 79.9. The van der Waals surface area contributed by atoms with Crippen molar-refractivity contribution in [2.75, 3.05) is 11.9 Å². The molecule has 1 N–H and O–H groups in total. The van der Waals surface area contributed by atoms with Gasteiger partial charge in [0.25, 0.3) is 0 Å². The van der Waals surface area contributed by atoms with Gasteiger partial charge in [-0.2, -0.15) is 5.10 Å². The van der Waals surface area contributed by atoms with Gasteiger partial charge in [0.15, 0.2) is 0 Å². The maximum absolute atomic E-state index is 4.58. The van der Waals surface area contributed by atoms with Crippen LogP contribution in [0.3, 0.4) is 0 Å². The second kappa shape index (κ2) is 9.56. The summed E-state index contributed by atoms with van der Waals surface area (Å²) in [6.45, 7) is 6.38. The number of rotatable bonds is 10. The molecule has 0 aliphatic rings. The van der Waals surface area contributed by atoms with Gasteiger partial charge in [-0.3, -0.25) is 4.68 Å². The first-order valence-electron chi connectivity index (χ1n) is 7.08. The lowest BCUT2D eigenvalue weighted by molar-refractivity contribution is 0.471. The Labute approximate surface area is 119 Å². The molecular weight excluding hydrogens is 290 g/mol. The van der Waals surface area contributed by atoms with Crippen LogP contribution >= 0.6 is 15.9 Å². The predicted octanol–water partition coefficient (Wildman–Crippen LogP) is 3.90. The Morgan fingerprint density at radius 1 is 1.33 bits per heavy atom. The summed E-state index contributed by atoms with van der Waals surface area (Å²) in [6.07, 6.45) is 8.41. The summed E-state index contributed by atoms with van der Waals surface area (Å²) in [5.74, 6) is 0. The fraction of sp³-hybridized carbons (Fsp3) is 0.786. The number of alkyl halides is 1. The van der Waals surface area contributed by atoms with Gasteiger partial charge in [0.05, 0.1) is 5.69 Å². The average Bonchev–Trinajstić information content (AvgIpc) is 2.85. The number of nitrogens with one attached hydrogen (secondary N) is 1. The first-order chi connectivity index (χ1) is 8.77. The van der Waals surface area contributed by atoms with Crippen LogP contribution in [-0.2, 0) is 6.54 Å². The van der Waals surface area contributed by atoms with E-state index in [9.17, 15) is 0 Å². The summed E-state index contributed by atoms with van der Waals surface area (Å²) in [5, 5.41) is 9.17. The summed E-state index contributed by atoms with van der Waals surface area (Å²) in [4.78, 5) is 0. The van der Waals surface area contributed by atoms with Crippen LogP contribution < -0.4 is 5.32 Å². The van der Waals surface area contributed by atoms with E-state index in [1.165, 1.54) is 25.7 Å². The molecule has 3 nitrogen and oxygen atoms in total. The molecule has 0 bridgehead atoms. The van der Waals surface area contributed by atoms with Crippen molar-refractivity contribution in [2.45, 2.75) is 58.5 Å². The molecule has 1 atom stereocenters. The van der Waals surface area contributed by atoms with Gasteiger partial charge < -0.3 is 5.32 Å². The molecule has 18 heavy (non-hydrogen) atoms. The predicted molar refractivity (Wildman–Crippen MR) is 81.2 cm³/mol. The minimum atomic E-state index is 0.503. The van der Waals surface area contributed by atoms with Gasteiger partial charge >= 0.3 is 0 Å².